The summed E-state index contributed by atoms with van der Waals surface area (Å²) in [6.07, 6.45) is 0. The van der Waals surface area contributed by atoms with Crippen LogP contribution in [0.5, 0.6) is 0 Å². The number of urea groups is 1. The van der Waals surface area contributed by atoms with Crippen molar-refractivity contribution in [3.05, 3.63) is 30.3 Å². The number of nitrogens with two attached hydrogens (primary N) is 1. The number of nitrogens with one attached hydrogen (secondary N) is 1. The minimum atomic E-state index is -0.201. The molecular weight excluding hydrogens is 204 g/mol. The molecule has 0 spiro atoms. The molecule has 0 atom stereocenters. The number of benzene rings is 1. The van der Waals surface area contributed by atoms with Gasteiger partial charge in [0, 0.05) is 31.9 Å². The number of hydrazine groups is 1. The van der Waals surface area contributed by atoms with Crippen LogP contribution in [0.3, 0.4) is 0 Å². The first kappa shape index (κ1) is 10.8. The van der Waals surface area contributed by atoms with Gasteiger partial charge in [-0.15, -0.1) is 0 Å². The second-order valence-corrected chi connectivity index (χ2v) is 3.76. The Morgan fingerprint density at radius 1 is 1.12 bits per heavy atom. The zero-order valence-electron chi connectivity index (χ0n) is 9.10. The number of piperazine rings is 1. The number of hydrogen-bond acceptors (Lipinski definition) is 3. The van der Waals surface area contributed by atoms with Gasteiger partial charge in [-0.3, -0.25) is 5.43 Å². The van der Waals surface area contributed by atoms with Crippen LogP contribution >= 0.6 is 0 Å². The molecule has 0 bridgehead atoms. The lowest BCUT2D eigenvalue weighted by atomic mass is 10.2. The normalized spacial score (nSPS) is 16.1. The zero-order valence-corrected chi connectivity index (χ0v) is 9.10. The second kappa shape index (κ2) is 4.85. The van der Waals surface area contributed by atoms with Crippen LogP contribution in [0.4, 0.5) is 10.5 Å². The number of hydrogen-bond donors (Lipinski definition) is 2. The van der Waals surface area contributed by atoms with E-state index in [-0.39, 0.29) is 6.03 Å². The summed E-state index contributed by atoms with van der Waals surface area (Å²) in [5, 5.41) is 0. The van der Waals surface area contributed by atoms with Crippen LogP contribution in [0.2, 0.25) is 0 Å². The highest BCUT2D eigenvalue weighted by Crippen LogP contribution is 2.15. The van der Waals surface area contributed by atoms with Crippen molar-refractivity contribution >= 4 is 11.7 Å². The van der Waals surface area contributed by atoms with Crippen LogP contribution < -0.4 is 16.2 Å². The molecule has 86 valence electrons. The average Bonchev–Trinajstić information content (AvgIpc) is 2.39. The van der Waals surface area contributed by atoms with Crippen LogP contribution in [-0.4, -0.2) is 37.1 Å². The van der Waals surface area contributed by atoms with E-state index in [0.717, 1.165) is 13.1 Å². The molecule has 0 aliphatic carbocycles. The maximum Gasteiger partial charge on any atom is 0.331 e. The number of carbonyl (C=O) groups excluding carboxylic acids is 1. The van der Waals surface area contributed by atoms with E-state index in [0.29, 0.717) is 13.1 Å². The van der Waals surface area contributed by atoms with E-state index in [1.165, 1.54) is 5.69 Å². The summed E-state index contributed by atoms with van der Waals surface area (Å²) in [6.45, 7) is 3.10. The fourth-order valence-corrected chi connectivity index (χ4v) is 1.90. The Labute approximate surface area is 94.8 Å². The van der Waals surface area contributed by atoms with Crippen molar-refractivity contribution in [1.82, 2.24) is 10.3 Å². The van der Waals surface area contributed by atoms with Crippen molar-refractivity contribution < 1.29 is 4.79 Å². The van der Waals surface area contributed by atoms with Gasteiger partial charge in [-0.2, -0.15) is 0 Å². The zero-order chi connectivity index (χ0) is 11.4. The molecule has 5 nitrogen and oxygen atoms in total. The standard InChI is InChI=1S/C11H16N4O/c12-13-11(16)15-8-6-14(7-9-15)10-4-2-1-3-5-10/h1-5H,6-9,12H2,(H,13,16). The highest BCUT2D eigenvalue weighted by molar-refractivity contribution is 5.73. The third kappa shape index (κ3) is 2.25. The summed E-state index contributed by atoms with van der Waals surface area (Å²) < 4.78 is 0. The minimum absolute atomic E-state index is 0.201. The molecule has 5 heteroatoms. The maximum atomic E-state index is 11.3. The Balaban J connectivity index is 1.93. The predicted molar refractivity (Wildman–Crippen MR) is 62.9 cm³/mol. The van der Waals surface area contributed by atoms with E-state index in [4.69, 9.17) is 5.84 Å². The molecule has 1 fully saturated rings. The van der Waals surface area contributed by atoms with E-state index in [2.05, 4.69) is 22.5 Å². The number of carbonyl (C=O) groups is 1. The van der Waals surface area contributed by atoms with Gasteiger partial charge in [0.2, 0.25) is 0 Å². The molecule has 0 saturated carbocycles. The molecule has 0 radical (unpaired) electrons. The number of anilines is 1. The molecule has 1 aliphatic rings. The maximum absolute atomic E-state index is 11.3. The van der Waals surface area contributed by atoms with E-state index in [1.807, 2.05) is 18.2 Å². The molecular formula is C11H16N4O. The summed E-state index contributed by atoms with van der Waals surface area (Å²) in [6, 6.07) is 10.0. The summed E-state index contributed by atoms with van der Waals surface area (Å²) in [5.74, 6) is 5.09. The molecule has 0 unspecified atom stereocenters. The van der Waals surface area contributed by atoms with Crippen LogP contribution in [0.15, 0.2) is 30.3 Å². The molecule has 2 amide bonds. The SMILES string of the molecule is NNC(=O)N1CCN(c2ccccc2)CC1. The number of nitrogens with zero attached hydrogens (tertiary/aromatic N) is 2. The van der Waals surface area contributed by atoms with E-state index < -0.39 is 0 Å². The van der Waals surface area contributed by atoms with Crippen LogP contribution in [0, 0.1) is 0 Å². The molecule has 1 heterocycles. The van der Waals surface area contributed by atoms with Crippen molar-refractivity contribution in [1.29, 1.82) is 0 Å². The van der Waals surface area contributed by atoms with Gasteiger partial charge >= 0.3 is 6.03 Å². The summed E-state index contributed by atoms with van der Waals surface area (Å²) in [7, 11) is 0. The largest absolute Gasteiger partial charge is 0.368 e. The Kier molecular flexibility index (Phi) is 3.26. The first-order valence-corrected chi connectivity index (χ1v) is 5.37. The van der Waals surface area contributed by atoms with Crippen LogP contribution in [0.1, 0.15) is 0 Å². The van der Waals surface area contributed by atoms with Gasteiger partial charge < -0.3 is 9.80 Å². The summed E-state index contributed by atoms with van der Waals surface area (Å²) in [5.41, 5.74) is 3.36. The number of para-hydroxylation sites is 1. The molecule has 16 heavy (non-hydrogen) atoms. The minimum Gasteiger partial charge on any atom is -0.368 e. The van der Waals surface area contributed by atoms with Crippen LogP contribution in [-0.2, 0) is 0 Å². The van der Waals surface area contributed by atoms with Crippen LogP contribution in [0.25, 0.3) is 0 Å². The molecule has 0 aromatic heterocycles. The molecule has 1 aromatic carbocycles. The molecule has 1 saturated heterocycles. The van der Waals surface area contributed by atoms with Gasteiger partial charge in [-0.25, -0.2) is 10.6 Å². The molecule has 1 aromatic rings. The summed E-state index contributed by atoms with van der Waals surface area (Å²) in [4.78, 5) is 15.3. The number of amides is 2. The molecule has 2 rings (SSSR count). The first-order valence-electron chi connectivity index (χ1n) is 5.37. The van der Waals surface area contributed by atoms with E-state index in [9.17, 15) is 4.79 Å². The lowest BCUT2D eigenvalue weighted by Crippen LogP contribution is -2.53. The monoisotopic (exact) mass is 220 g/mol. The Morgan fingerprint density at radius 2 is 1.75 bits per heavy atom. The number of rotatable bonds is 1. The lowest BCUT2D eigenvalue weighted by molar-refractivity contribution is 0.194. The van der Waals surface area contributed by atoms with E-state index >= 15 is 0 Å². The van der Waals surface area contributed by atoms with Crippen molar-refractivity contribution in [2.24, 2.45) is 5.84 Å². The van der Waals surface area contributed by atoms with Crippen molar-refractivity contribution in [3.8, 4) is 0 Å². The second-order valence-electron chi connectivity index (χ2n) is 3.76. The van der Waals surface area contributed by atoms with Gasteiger partial charge in [-0.05, 0) is 12.1 Å². The summed E-state index contributed by atoms with van der Waals surface area (Å²) >= 11 is 0. The fourth-order valence-electron chi connectivity index (χ4n) is 1.90. The van der Waals surface area contributed by atoms with E-state index in [1.54, 1.807) is 4.90 Å². The first-order chi connectivity index (χ1) is 7.81. The predicted octanol–water partition coefficient (Wildman–Crippen LogP) is 0.392. The van der Waals surface area contributed by atoms with Gasteiger partial charge in [-0.1, -0.05) is 18.2 Å². The third-order valence-electron chi connectivity index (χ3n) is 2.81. The highest BCUT2D eigenvalue weighted by atomic mass is 16.2. The Bertz CT molecular complexity index is 346. The Hall–Kier alpha value is -1.75. The van der Waals surface area contributed by atoms with Gasteiger partial charge in [0.1, 0.15) is 0 Å². The quantitative estimate of drug-likeness (QED) is 0.409. The lowest BCUT2D eigenvalue weighted by Gasteiger charge is -2.35. The average molecular weight is 220 g/mol. The van der Waals surface area contributed by atoms with Gasteiger partial charge in [0.25, 0.3) is 0 Å². The highest BCUT2D eigenvalue weighted by Gasteiger charge is 2.20. The molecule has 3 N–H and O–H groups in total. The van der Waals surface area contributed by atoms with Crippen molar-refractivity contribution in [3.63, 3.8) is 0 Å². The molecule has 1 aliphatic heterocycles. The van der Waals surface area contributed by atoms with Gasteiger partial charge in [0.15, 0.2) is 0 Å². The smallest absolute Gasteiger partial charge is 0.331 e. The van der Waals surface area contributed by atoms with Gasteiger partial charge in [0.05, 0.1) is 0 Å². The van der Waals surface area contributed by atoms with Crippen molar-refractivity contribution in [2.45, 2.75) is 0 Å². The topological polar surface area (TPSA) is 61.6 Å². The Morgan fingerprint density at radius 3 is 2.31 bits per heavy atom. The third-order valence-corrected chi connectivity index (χ3v) is 2.81. The fraction of sp³-hybridized carbons (Fsp3) is 0.364. The van der Waals surface area contributed by atoms with Crippen molar-refractivity contribution in [2.75, 3.05) is 31.1 Å².